The largest absolute Gasteiger partial charge is 0.502 e. The van der Waals surface area contributed by atoms with Crippen LogP contribution in [-0.4, -0.2) is 13.2 Å². The van der Waals surface area contributed by atoms with E-state index in [-0.39, 0.29) is 13.2 Å². The van der Waals surface area contributed by atoms with E-state index < -0.39 is 7.82 Å². The molecule has 0 rings (SSSR count). The Hall–Kier alpha value is 0.110. The molecule has 0 N–H and O–H groups in total. The average molecular weight is 265 g/mol. The third-order valence-electron chi connectivity index (χ3n) is 3.11. The maximum atomic E-state index is 11.4. The molecule has 0 aromatic heterocycles. The van der Waals surface area contributed by atoms with Crippen LogP contribution in [0.4, 0.5) is 0 Å². The predicted molar refractivity (Wildman–Crippen MR) is 68.3 cm³/mol. The van der Waals surface area contributed by atoms with Gasteiger partial charge in [0.25, 0.3) is 0 Å². The highest BCUT2D eigenvalue weighted by Crippen LogP contribution is 2.45. The Morgan fingerprint density at radius 1 is 0.941 bits per heavy atom. The monoisotopic (exact) mass is 265 g/mol. The minimum Gasteiger partial charge on any atom is -0.285 e. The van der Waals surface area contributed by atoms with Crippen LogP contribution in [0.2, 0.25) is 0 Å². The number of rotatable bonds is 10. The highest BCUT2D eigenvalue weighted by atomic mass is 31.2. The molecule has 0 aromatic rings. The Balaban J connectivity index is 3.69. The van der Waals surface area contributed by atoms with E-state index in [0.29, 0.717) is 11.8 Å². The SMILES string of the molecule is CCC(C)CCOP([O])(=O)OCCC(C)CC. The molecule has 17 heavy (non-hydrogen) atoms. The minimum absolute atomic E-state index is 0.221. The van der Waals surface area contributed by atoms with Crippen molar-refractivity contribution in [3.63, 3.8) is 0 Å². The first-order chi connectivity index (χ1) is 7.91. The van der Waals surface area contributed by atoms with Crippen LogP contribution in [-0.2, 0) is 18.5 Å². The summed E-state index contributed by atoms with van der Waals surface area (Å²) in [6.45, 7) is 8.73. The van der Waals surface area contributed by atoms with Gasteiger partial charge < -0.3 is 0 Å². The van der Waals surface area contributed by atoms with Gasteiger partial charge in [0.15, 0.2) is 0 Å². The molecule has 0 bridgehead atoms. The third-order valence-corrected chi connectivity index (χ3v) is 4.11. The lowest BCUT2D eigenvalue weighted by Crippen LogP contribution is -2.03. The normalized spacial score (nSPS) is 18.6. The van der Waals surface area contributed by atoms with Gasteiger partial charge in [-0.1, -0.05) is 40.5 Å². The Labute approximate surface area is 105 Å². The van der Waals surface area contributed by atoms with Crippen molar-refractivity contribution in [1.29, 1.82) is 0 Å². The molecule has 4 nitrogen and oxygen atoms in total. The topological polar surface area (TPSA) is 55.4 Å². The van der Waals surface area contributed by atoms with E-state index in [0.717, 1.165) is 25.7 Å². The summed E-state index contributed by atoms with van der Waals surface area (Å²) in [7, 11) is -4.08. The number of hydrogen-bond acceptors (Lipinski definition) is 3. The molecule has 0 aliphatic heterocycles. The standard InChI is InChI=1S/C12H26O4P/c1-5-11(3)7-9-15-17(13,14)16-10-8-12(4)6-2/h11-12H,5-10H2,1-4H3. The predicted octanol–water partition coefficient (Wildman–Crippen LogP) is 4.43. The minimum atomic E-state index is -4.08. The molecule has 0 amide bonds. The zero-order valence-corrected chi connectivity index (χ0v) is 12.4. The van der Waals surface area contributed by atoms with Gasteiger partial charge in [0.1, 0.15) is 0 Å². The molecule has 0 aliphatic rings. The first kappa shape index (κ1) is 17.1. The molecule has 5 heteroatoms. The Morgan fingerprint density at radius 2 is 1.29 bits per heavy atom. The second-order valence-corrected chi connectivity index (χ2v) is 6.13. The van der Waals surface area contributed by atoms with Crippen molar-refractivity contribution in [3.05, 3.63) is 0 Å². The van der Waals surface area contributed by atoms with E-state index in [1.165, 1.54) is 0 Å². The third kappa shape index (κ3) is 9.78. The van der Waals surface area contributed by atoms with Crippen molar-refractivity contribution < 1.29 is 18.5 Å². The van der Waals surface area contributed by atoms with Crippen LogP contribution < -0.4 is 0 Å². The fraction of sp³-hybridized carbons (Fsp3) is 1.00. The molecule has 2 unspecified atom stereocenters. The molecule has 0 aliphatic carbocycles. The maximum Gasteiger partial charge on any atom is 0.502 e. The highest BCUT2D eigenvalue weighted by Gasteiger charge is 2.23. The van der Waals surface area contributed by atoms with Crippen LogP contribution in [0.5, 0.6) is 0 Å². The molecule has 0 saturated heterocycles. The van der Waals surface area contributed by atoms with Gasteiger partial charge in [-0.05, 0) is 24.7 Å². The van der Waals surface area contributed by atoms with E-state index in [9.17, 15) is 9.46 Å². The fourth-order valence-corrected chi connectivity index (χ4v) is 1.91. The lowest BCUT2D eigenvalue weighted by Gasteiger charge is -2.13. The molecule has 0 saturated carbocycles. The van der Waals surface area contributed by atoms with Crippen molar-refractivity contribution in [3.8, 4) is 0 Å². The van der Waals surface area contributed by atoms with Crippen LogP contribution >= 0.6 is 7.82 Å². The first-order valence-electron chi connectivity index (χ1n) is 6.51. The Kier molecular flexibility index (Phi) is 9.15. The van der Waals surface area contributed by atoms with Crippen LogP contribution in [0.1, 0.15) is 53.4 Å². The van der Waals surface area contributed by atoms with E-state index >= 15 is 0 Å². The Bertz CT molecular complexity index is 213. The second kappa shape index (κ2) is 9.09. The molecule has 0 heterocycles. The number of hydrogen-bond donors (Lipinski definition) is 0. The van der Waals surface area contributed by atoms with E-state index in [1.54, 1.807) is 0 Å². The molecule has 0 aromatic carbocycles. The Morgan fingerprint density at radius 3 is 1.59 bits per heavy atom. The van der Waals surface area contributed by atoms with Crippen molar-refractivity contribution >= 4 is 7.82 Å². The first-order valence-corrected chi connectivity index (χ1v) is 7.97. The second-order valence-electron chi connectivity index (χ2n) is 4.72. The average Bonchev–Trinajstić information content (AvgIpc) is 2.27. The lowest BCUT2D eigenvalue weighted by molar-refractivity contribution is 0.118. The summed E-state index contributed by atoms with van der Waals surface area (Å²) in [5.41, 5.74) is 0. The molecule has 1 radical (unpaired) electrons. The molecule has 2 atom stereocenters. The van der Waals surface area contributed by atoms with E-state index in [4.69, 9.17) is 9.05 Å². The summed E-state index contributed by atoms with van der Waals surface area (Å²) in [6.07, 6.45) is 3.55. The van der Waals surface area contributed by atoms with Crippen molar-refractivity contribution in [2.45, 2.75) is 53.4 Å². The molecule has 103 valence electrons. The quantitative estimate of drug-likeness (QED) is 0.549. The van der Waals surface area contributed by atoms with Gasteiger partial charge in [0, 0.05) is 0 Å². The highest BCUT2D eigenvalue weighted by molar-refractivity contribution is 7.47. The van der Waals surface area contributed by atoms with Crippen molar-refractivity contribution in [1.82, 2.24) is 0 Å². The zero-order valence-electron chi connectivity index (χ0n) is 11.5. The summed E-state index contributed by atoms with van der Waals surface area (Å²) in [5, 5.41) is 0. The summed E-state index contributed by atoms with van der Waals surface area (Å²) in [6, 6.07) is 0. The van der Waals surface area contributed by atoms with Crippen LogP contribution in [0.15, 0.2) is 0 Å². The maximum absolute atomic E-state index is 11.4. The van der Waals surface area contributed by atoms with Crippen LogP contribution in [0, 0.1) is 11.8 Å². The van der Waals surface area contributed by atoms with Gasteiger partial charge in [-0.15, -0.1) is 4.89 Å². The fourth-order valence-electron chi connectivity index (χ4n) is 1.18. The van der Waals surface area contributed by atoms with Gasteiger partial charge >= 0.3 is 7.82 Å². The van der Waals surface area contributed by atoms with Crippen molar-refractivity contribution in [2.75, 3.05) is 13.2 Å². The van der Waals surface area contributed by atoms with Gasteiger partial charge in [0.2, 0.25) is 0 Å². The molecular weight excluding hydrogens is 239 g/mol. The summed E-state index contributed by atoms with van der Waals surface area (Å²) in [5.74, 6) is 0.963. The summed E-state index contributed by atoms with van der Waals surface area (Å²) in [4.78, 5) is 11.4. The van der Waals surface area contributed by atoms with Gasteiger partial charge in [0.05, 0.1) is 13.2 Å². The van der Waals surface area contributed by atoms with Crippen LogP contribution in [0.3, 0.4) is 0 Å². The van der Waals surface area contributed by atoms with Crippen LogP contribution in [0.25, 0.3) is 0 Å². The van der Waals surface area contributed by atoms with Gasteiger partial charge in [-0.3, -0.25) is 9.05 Å². The van der Waals surface area contributed by atoms with Crippen molar-refractivity contribution in [2.24, 2.45) is 11.8 Å². The van der Waals surface area contributed by atoms with E-state index in [1.807, 2.05) is 0 Å². The molecule has 0 fully saturated rings. The smallest absolute Gasteiger partial charge is 0.285 e. The summed E-state index contributed by atoms with van der Waals surface area (Å²) < 4.78 is 20.9. The summed E-state index contributed by atoms with van der Waals surface area (Å²) >= 11 is 0. The lowest BCUT2D eigenvalue weighted by atomic mass is 10.1. The molecule has 0 spiro atoms. The zero-order chi connectivity index (χ0) is 13.3. The van der Waals surface area contributed by atoms with Gasteiger partial charge in [-0.25, -0.2) is 4.57 Å². The van der Waals surface area contributed by atoms with Gasteiger partial charge in [-0.2, -0.15) is 0 Å². The van der Waals surface area contributed by atoms with E-state index in [2.05, 4.69) is 27.7 Å². The molecular formula is C12H26O4P.